The van der Waals surface area contributed by atoms with Gasteiger partial charge in [0.15, 0.2) is 0 Å². The standard InChI is InChI=1S/C5H5NOS2/c7-4-6-2-1-3-8-5(6)9-4/h1-2,5H,3H2/t5-/m0/s1. The fourth-order valence-electron chi connectivity index (χ4n) is 0.781. The van der Waals surface area contributed by atoms with Gasteiger partial charge in [-0.2, -0.15) is 0 Å². The van der Waals surface area contributed by atoms with E-state index in [0.29, 0.717) is 4.71 Å². The first-order chi connectivity index (χ1) is 4.38. The van der Waals surface area contributed by atoms with Crippen LogP contribution in [0.1, 0.15) is 0 Å². The molecule has 0 bridgehead atoms. The lowest BCUT2D eigenvalue weighted by atomic mass is 10.6. The zero-order valence-corrected chi connectivity index (χ0v) is 6.24. The molecule has 0 aromatic carbocycles. The van der Waals surface area contributed by atoms with E-state index in [2.05, 4.69) is 0 Å². The summed E-state index contributed by atoms with van der Waals surface area (Å²) in [5, 5.41) is 0.184. The first-order valence-electron chi connectivity index (χ1n) is 2.65. The number of rotatable bonds is 0. The highest BCUT2D eigenvalue weighted by molar-refractivity contribution is 8.26. The van der Waals surface area contributed by atoms with Crippen molar-refractivity contribution in [2.75, 3.05) is 5.75 Å². The van der Waals surface area contributed by atoms with Crippen molar-refractivity contribution >= 4 is 28.8 Å². The van der Waals surface area contributed by atoms with Crippen molar-refractivity contribution in [2.45, 2.75) is 4.71 Å². The van der Waals surface area contributed by atoms with E-state index in [9.17, 15) is 4.79 Å². The van der Waals surface area contributed by atoms with Crippen LogP contribution in [0.2, 0.25) is 0 Å². The molecule has 0 radical (unpaired) electrons. The highest BCUT2D eigenvalue weighted by Crippen LogP contribution is 2.41. The second kappa shape index (κ2) is 1.95. The van der Waals surface area contributed by atoms with Crippen molar-refractivity contribution in [3.63, 3.8) is 0 Å². The molecule has 2 nitrogen and oxygen atoms in total. The largest absolute Gasteiger partial charge is 0.290 e. The predicted octanol–water partition coefficient (Wildman–Crippen LogP) is 1.70. The summed E-state index contributed by atoms with van der Waals surface area (Å²) in [6.45, 7) is 0. The number of carbonyl (C=O) groups is 1. The first kappa shape index (κ1) is 5.68. The molecule has 2 aliphatic rings. The third kappa shape index (κ3) is 0.773. The number of fused-ring (bicyclic) bond motifs is 1. The molecule has 1 saturated heterocycles. The molecule has 1 amide bonds. The van der Waals surface area contributed by atoms with E-state index in [-0.39, 0.29) is 5.24 Å². The van der Waals surface area contributed by atoms with Crippen molar-refractivity contribution in [3.05, 3.63) is 12.3 Å². The van der Waals surface area contributed by atoms with Gasteiger partial charge in [-0.25, -0.2) is 0 Å². The second-order valence-electron chi connectivity index (χ2n) is 1.82. The van der Waals surface area contributed by atoms with Gasteiger partial charge in [0.2, 0.25) is 0 Å². The van der Waals surface area contributed by atoms with Crippen LogP contribution in [0.5, 0.6) is 0 Å². The molecule has 9 heavy (non-hydrogen) atoms. The van der Waals surface area contributed by atoms with Crippen molar-refractivity contribution in [1.82, 2.24) is 4.90 Å². The van der Waals surface area contributed by atoms with Gasteiger partial charge in [-0.1, -0.05) is 6.08 Å². The number of nitrogens with zero attached hydrogens (tertiary/aromatic N) is 1. The number of hydrogen-bond donors (Lipinski definition) is 0. The van der Waals surface area contributed by atoms with Crippen LogP contribution >= 0.6 is 23.5 Å². The van der Waals surface area contributed by atoms with Crippen molar-refractivity contribution in [2.24, 2.45) is 0 Å². The zero-order valence-electron chi connectivity index (χ0n) is 4.61. The van der Waals surface area contributed by atoms with Crippen LogP contribution in [0.3, 0.4) is 0 Å². The van der Waals surface area contributed by atoms with Crippen molar-refractivity contribution in [1.29, 1.82) is 0 Å². The average molecular weight is 159 g/mol. The van der Waals surface area contributed by atoms with Gasteiger partial charge in [0.05, 0.1) is 0 Å². The molecule has 48 valence electrons. The molecule has 0 spiro atoms. The van der Waals surface area contributed by atoms with E-state index in [1.807, 2.05) is 12.3 Å². The normalized spacial score (nSPS) is 31.8. The van der Waals surface area contributed by atoms with E-state index >= 15 is 0 Å². The Bertz CT molecular complexity index is 180. The summed E-state index contributed by atoms with van der Waals surface area (Å²) in [7, 11) is 0. The molecule has 0 saturated carbocycles. The summed E-state index contributed by atoms with van der Waals surface area (Å²) in [6, 6.07) is 0. The van der Waals surface area contributed by atoms with Gasteiger partial charge in [-0.15, -0.1) is 11.8 Å². The number of amides is 1. The minimum Gasteiger partial charge on any atom is -0.288 e. The number of hydrogen-bond acceptors (Lipinski definition) is 3. The lowest BCUT2D eigenvalue weighted by Gasteiger charge is -2.37. The molecule has 0 aliphatic carbocycles. The molecule has 1 fully saturated rings. The summed E-state index contributed by atoms with van der Waals surface area (Å²) < 4.78 is 0.391. The Morgan fingerprint density at radius 3 is 3.22 bits per heavy atom. The molecule has 0 unspecified atom stereocenters. The van der Waals surface area contributed by atoms with E-state index in [1.54, 1.807) is 16.7 Å². The number of thioether (sulfide) groups is 2. The fourth-order valence-corrected chi connectivity index (χ4v) is 2.87. The van der Waals surface area contributed by atoms with Gasteiger partial charge in [0, 0.05) is 12.0 Å². The topological polar surface area (TPSA) is 20.3 Å². The Labute approximate surface area is 61.7 Å². The Kier molecular flexibility index (Phi) is 1.23. The highest BCUT2D eigenvalue weighted by atomic mass is 32.2. The van der Waals surface area contributed by atoms with Gasteiger partial charge in [0.1, 0.15) is 4.71 Å². The van der Waals surface area contributed by atoms with Gasteiger partial charge in [-0.3, -0.25) is 9.69 Å². The highest BCUT2D eigenvalue weighted by Gasteiger charge is 2.37. The first-order valence-corrected chi connectivity index (χ1v) is 4.58. The smallest absolute Gasteiger partial charge is 0.288 e. The van der Waals surface area contributed by atoms with Crippen LogP contribution < -0.4 is 0 Å². The Hall–Kier alpha value is -0.0900. The van der Waals surface area contributed by atoms with Gasteiger partial charge in [0.25, 0.3) is 5.24 Å². The molecule has 0 N–H and O–H groups in total. The fraction of sp³-hybridized carbons (Fsp3) is 0.400. The summed E-state index contributed by atoms with van der Waals surface area (Å²) in [4.78, 5) is 12.5. The Morgan fingerprint density at radius 2 is 2.67 bits per heavy atom. The lowest BCUT2D eigenvalue weighted by molar-refractivity contribution is 0.236. The van der Waals surface area contributed by atoms with Gasteiger partial charge < -0.3 is 0 Å². The van der Waals surface area contributed by atoms with E-state index in [1.165, 1.54) is 11.8 Å². The molecule has 0 aromatic rings. The van der Waals surface area contributed by atoms with E-state index < -0.39 is 0 Å². The molecule has 2 aliphatic heterocycles. The maximum Gasteiger partial charge on any atom is 0.290 e. The Morgan fingerprint density at radius 1 is 1.78 bits per heavy atom. The van der Waals surface area contributed by atoms with E-state index in [4.69, 9.17) is 0 Å². The predicted molar refractivity (Wildman–Crippen MR) is 40.2 cm³/mol. The lowest BCUT2D eigenvalue weighted by Crippen LogP contribution is -2.41. The molecule has 1 atom stereocenters. The van der Waals surface area contributed by atoms with Crippen LogP contribution in [-0.2, 0) is 0 Å². The zero-order chi connectivity index (χ0) is 6.27. The molecule has 2 heterocycles. The van der Waals surface area contributed by atoms with Gasteiger partial charge >= 0.3 is 0 Å². The van der Waals surface area contributed by atoms with Crippen LogP contribution in [0, 0.1) is 0 Å². The molecular weight excluding hydrogens is 154 g/mol. The quantitative estimate of drug-likeness (QED) is 0.536. The van der Waals surface area contributed by atoms with Crippen LogP contribution in [0.25, 0.3) is 0 Å². The van der Waals surface area contributed by atoms with Crippen LogP contribution in [0.15, 0.2) is 12.3 Å². The minimum atomic E-state index is 0.184. The van der Waals surface area contributed by atoms with Crippen LogP contribution in [0.4, 0.5) is 4.79 Å². The molecular formula is C5H5NOS2. The van der Waals surface area contributed by atoms with Gasteiger partial charge in [-0.05, 0) is 11.8 Å². The van der Waals surface area contributed by atoms with E-state index in [0.717, 1.165) is 5.75 Å². The molecule has 4 heteroatoms. The Balaban J connectivity index is 2.16. The maximum atomic E-state index is 10.7. The van der Waals surface area contributed by atoms with Crippen LogP contribution in [-0.4, -0.2) is 20.6 Å². The summed E-state index contributed by atoms with van der Waals surface area (Å²) >= 11 is 3.21. The SMILES string of the molecule is O=C1S[C@@H]2SCC=CN12. The number of carbonyl (C=O) groups excluding carboxylic acids is 1. The monoisotopic (exact) mass is 159 g/mol. The molecule has 0 aromatic heterocycles. The third-order valence-corrected chi connectivity index (χ3v) is 3.68. The summed E-state index contributed by atoms with van der Waals surface area (Å²) in [5.41, 5.74) is 0. The summed E-state index contributed by atoms with van der Waals surface area (Å²) in [5.74, 6) is 1.04. The maximum absolute atomic E-state index is 10.7. The van der Waals surface area contributed by atoms with Crippen molar-refractivity contribution < 1.29 is 4.79 Å². The summed E-state index contributed by atoms with van der Waals surface area (Å²) in [6.07, 6.45) is 3.89. The second-order valence-corrected chi connectivity index (χ2v) is 4.26. The van der Waals surface area contributed by atoms with Crippen molar-refractivity contribution in [3.8, 4) is 0 Å². The third-order valence-electron chi connectivity index (χ3n) is 1.24. The molecule has 2 rings (SSSR count). The average Bonchev–Trinajstić information content (AvgIpc) is 1.86. The minimum absolute atomic E-state index is 0.184.